The van der Waals surface area contributed by atoms with Gasteiger partial charge in [-0.05, 0) is 12.2 Å². The molecule has 0 radical (unpaired) electrons. The van der Waals surface area contributed by atoms with Crippen molar-refractivity contribution in [3.05, 3.63) is 0 Å². The van der Waals surface area contributed by atoms with Crippen LogP contribution in [0.5, 0.6) is 0 Å². The molecule has 0 amide bonds. The minimum absolute atomic E-state index is 0.0795. The van der Waals surface area contributed by atoms with Crippen molar-refractivity contribution in [2.45, 2.75) is 0 Å². The predicted molar refractivity (Wildman–Crippen MR) is 41.8 cm³/mol. The van der Waals surface area contributed by atoms with E-state index >= 15 is 0 Å². The monoisotopic (exact) mass is 162 g/mol. The molecule has 3 N–H and O–H groups in total. The SMILES string of the molecule is CNC(=S)NCC(=O)CO. The lowest BCUT2D eigenvalue weighted by Crippen LogP contribution is -2.36. The van der Waals surface area contributed by atoms with E-state index in [1.807, 2.05) is 0 Å². The van der Waals surface area contributed by atoms with Gasteiger partial charge in [-0.2, -0.15) is 0 Å². The Labute approximate surface area is 64.6 Å². The van der Waals surface area contributed by atoms with Crippen LogP contribution in [0.3, 0.4) is 0 Å². The molecule has 5 heteroatoms. The van der Waals surface area contributed by atoms with Crippen molar-refractivity contribution in [3.8, 4) is 0 Å². The van der Waals surface area contributed by atoms with Gasteiger partial charge in [-0.25, -0.2) is 0 Å². The van der Waals surface area contributed by atoms with Crippen LogP contribution in [0.25, 0.3) is 0 Å². The summed E-state index contributed by atoms with van der Waals surface area (Å²) in [7, 11) is 1.65. The average Bonchev–Trinajstić information content (AvgIpc) is 1.99. The molecule has 0 saturated carbocycles. The van der Waals surface area contributed by atoms with E-state index in [9.17, 15) is 4.79 Å². The van der Waals surface area contributed by atoms with Gasteiger partial charge in [0.25, 0.3) is 0 Å². The maximum Gasteiger partial charge on any atom is 0.177 e. The molecule has 10 heavy (non-hydrogen) atoms. The standard InChI is InChI=1S/C5H10N2O2S/c1-6-5(10)7-2-4(9)3-8/h8H,2-3H2,1H3,(H2,6,7,10). The van der Waals surface area contributed by atoms with Gasteiger partial charge in [-0.3, -0.25) is 4.79 Å². The van der Waals surface area contributed by atoms with Crippen LogP contribution in [0.1, 0.15) is 0 Å². The molecule has 0 aromatic rings. The molecule has 0 aliphatic rings. The summed E-state index contributed by atoms with van der Waals surface area (Å²) in [6.07, 6.45) is 0. The van der Waals surface area contributed by atoms with Gasteiger partial charge in [-0.15, -0.1) is 0 Å². The van der Waals surface area contributed by atoms with Crippen molar-refractivity contribution >= 4 is 23.1 Å². The highest BCUT2D eigenvalue weighted by Gasteiger charge is 1.97. The number of hydrogen-bond donors (Lipinski definition) is 3. The zero-order valence-corrected chi connectivity index (χ0v) is 6.49. The van der Waals surface area contributed by atoms with Crippen molar-refractivity contribution in [1.29, 1.82) is 0 Å². The Kier molecular flexibility index (Phi) is 4.78. The molecule has 58 valence electrons. The van der Waals surface area contributed by atoms with E-state index in [0.29, 0.717) is 5.11 Å². The summed E-state index contributed by atoms with van der Waals surface area (Å²) >= 11 is 4.67. The number of Topliss-reactive ketones (excluding diaryl/α,β-unsaturated/α-hetero) is 1. The molecule has 0 atom stereocenters. The fourth-order valence-corrected chi connectivity index (χ4v) is 0.395. The van der Waals surface area contributed by atoms with E-state index < -0.39 is 6.61 Å². The van der Waals surface area contributed by atoms with Gasteiger partial charge in [-0.1, -0.05) is 0 Å². The minimum Gasteiger partial charge on any atom is -0.389 e. The molecular formula is C5H10N2O2S. The molecule has 0 aliphatic carbocycles. The molecule has 0 spiro atoms. The number of aliphatic hydroxyl groups is 1. The van der Waals surface area contributed by atoms with Crippen LogP contribution >= 0.6 is 12.2 Å². The molecule has 0 heterocycles. The first-order valence-corrected chi connectivity index (χ1v) is 3.19. The topological polar surface area (TPSA) is 61.4 Å². The predicted octanol–water partition coefficient (Wildman–Crippen LogP) is -1.36. The molecule has 0 unspecified atom stereocenters. The highest BCUT2D eigenvalue weighted by atomic mass is 32.1. The third-order valence-corrected chi connectivity index (χ3v) is 1.20. The van der Waals surface area contributed by atoms with Gasteiger partial charge in [0.2, 0.25) is 0 Å². The summed E-state index contributed by atoms with van der Waals surface area (Å²) in [5, 5.41) is 13.9. The summed E-state index contributed by atoms with van der Waals surface area (Å²) in [5.41, 5.74) is 0. The summed E-state index contributed by atoms with van der Waals surface area (Å²) in [6, 6.07) is 0. The van der Waals surface area contributed by atoms with Gasteiger partial charge in [0.15, 0.2) is 10.9 Å². The third kappa shape index (κ3) is 4.22. The molecule has 0 saturated heterocycles. The zero-order chi connectivity index (χ0) is 7.98. The molecule has 4 nitrogen and oxygen atoms in total. The number of carbonyl (C=O) groups excluding carboxylic acids is 1. The van der Waals surface area contributed by atoms with Crippen LogP contribution in [-0.2, 0) is 4.79 Å². The van der Waals surface area contributed by atoms with Crippen molar-refractivity contribution < 1.29 is 9.90 Å². The van der Waals surface area contributed by atoms with Gasteiger partial charge in [0.05, 0.1) is 6.54 Å². The summed E-state index contributed by atoms with van der Waals surface area (Å²) in [5.74, 6) is -0.280. The van der Waals surface area contributed by atoms with Crippen LogP contribution < -0.4 is 10.6 Å². The largest absolute Gasteiger partial charge is 0.389 e. The van der Waals surface area contributed by atoms with Gasteiger partial charge < -0.3 is 15.7 Å². The molecule has 0 aromatic heterocycles. The van der Waals surface area contributed by atoms with Gasteiger partial charge in [0.1, 0.15) is 6.61 Å². The highest BCUT2D eigenvalue weighted by molar-refractivity contribution is 7.80. The Hall–Kier alpha value is -0.680. The van der Waals surface area contributed by atoms with Crippen molar-refractivity contribution in [2.75, 3.05) is 20.2 Å². The Bertz CT molecular complexity index is 122. The van der Waals surface area contributed by atoms with E-state index in [4.69, 9.17) is 5.11 Å². The fourth-order valence-electron chi connectivity index (χ4n) is 0.323. The lowest BCUT2D eigenvalue weighted by molar-refractivity contribution is -0.120. The number of rotatable bonds is 3. The molecule has 0 fully saturated rings. The van der Waals surface area contributed by atoms with Crippen molar-refractivity contribution in [3.63, 3.8) is 0 Å². The van der Waals surface area contributed by atoms with Gasteiger partial charge in [0, 0.05) is 7.05 Å². The minimum atomic E-state index is -0.445. The number of ketones is 1. The smallest absolute Gasteiger partial charge is 0.177 e. The maximum atomic E-state index is 10.4. The van der Waals surface area contributed by atoms with Crippen LogP contribution in [-0.4, -0.2) is 36.2 Å². The quantitative estimate of drug-likeness (QED) is 0.447. The third-order valence-electron chi connectivity index (χ3n) is 0.850. The Balaban J connectivity index is 3.35. The number of aliphatic hydroxyl groups excluding tert-OH is 1. The molecular weight excluding hydrogens is 152 g/mol. The highest BCUT2D eigenvalue weighted by Crippen LogP contribution is 1.67. The van der Waals surface area contributed by atoms with E-state index in [0.717, 1.165) is 0 Å². The first kappa shape index (κ1) is 9.32. The van der Waals surface area contributed by atoms with Crippen LogP contribution in [0.4, 0.5) is 0 Å². The lowest BCUT2D eigenvalue weighted by atomic mass is 10.4. The molecule has 0 aromatic carbocycles. The second-order valence-electron chi connectivity index (χ2n) is 1.63. The normalized spacial score (nSPS) is 8.60. The molecule has 0 rings (SSSR count). The zero-order valence-electron chi connectivity index (χ0n) is 5.68. The Morgan fingerprint density at radius 3 is 2.70 bits per heavy atom. The number of hydrogen-bond acceptors (Lipinski definition) is 3. The Morgan fingerprint density at radius 2 is 2.30 bits per heavy atom. The summed E-state index contributed by atoms with van der Waals surface area (Å²) in [6.45, 7) is -0.366. The molecule has 0 bridgehead atoms. The molecule has 0 aliphatic heterocycles. The Morgan fingerprint density at radius 1 is 1.70 bits per heavy atom. The van der Waals surface area contributed by atoms with Crippen LogP contribution in [0, 0.1) is 0 Å². The average molecular weight is 162 g/mol. The number of thiocarbonyl (C=S) groups is 1. The van der Waals surface area contributed by atoms with E-state index in [-0.39, 0.29) is 12.3 Å². The van der Waals surface area contributed by atoms with Crippen LogP contribution in [0.15, 0.2) is 0 Å². The summed E-state index contributed by atoms with van der Waals surface area (Å²) < 4.78 is 0. The lowest BCUT2D eigenvalue weighted by Gasteiger charge is -2.03. The fraction of sp³-hybridized carbons (Fsp3) is 0.600. The first-order chi connectivity index (χ1) is 4.70. The summed E-state index contributed by atoms with van der Waals surface area (Å²) in [4.78, 5) is 10.4. The van der Waals surface area contributed by atoms with Crippen molar-refractivity contribution in [2.24, 2.45) is 0 Å². The second-order valence-corrected chi connectivity index (χ2v) is 2.04. The van der Waals surface area contributed by atoms with Gasteiger partial charge >= 0.3 is 0 Å². The van der Waals surface area contributed by atoms with Crippen LogP contribution in [0.2, 0.25) is 0 Å². The van der Waals surface area contributed by atoms with E-state index in [1.54, 1.807) is 7.05 Å². The van der Waals surface area contributed by atoms with Crippen molar-refractivity contribution in [1.82, 2.24) is 10.6 Å². The first-order valence-electron chi connectivity index (χ1n) is 2.79. The number of nitrogens with one attached hydrogen (secondary N) is 2. The van der Waals surface area contributed by atoms with E-state index in [1.165, 1.54) is 0 Å². The number of carbonyl (C=O) groups is 1. The van der Waals surface area contributed by atoms with E-state index in [2.05, 4.69) is 22.9 Å². The second kappa shape index (κ2) is 5.13. The maximum absolute atomic E-state index is 10.4.